The second kappa shape index (κ2) is 9.81. The van der Waals surface area contributed by atoms with Crippen LogP contribution in [0.25, 0.3) is 0 Å². The zero-order valence-corrected chi connectivity index (χ0v) is 19.1. The van der Waals surface area contributed by atoms with E-state index in [-0.39, 0.29) is 18.4 Å². The molecule has 0 aromatic heterocycles. The van der Waals surface area contributed by atoms with Gasteiger partial charge in [0.05, 0.1) is 17.5 Å². The number of nitrogens with zero attached hydrogens (tertiary/aromatic N) is 2. The van der Waals surface area contributed by atoms with Crippen molar-refractivity contribution in [2.24, 2.45) is 5.92 Å². The Bertz CT molecular complexity index is 1000. The van der Waals surface area contributed by atoms with Crippen LogP contribution in [0.15, 0.2) is 42.5 Å². The first-order valence-corrected chi connectivity index (χ1v) is 11.4. The van der Waals surface area contributed by atoms with Crippen molar-refractivity contribution in [2.75, 3.05) is 49.7 Å². The number of rotatable bonds is 6. The van der Waals surface area contributed by atoms with Crippen molar-refractivity contribution in [3.05, 3.63) is 58.6 Å². The molecule has 0 radical (unpaired) electrons. The average Bonchev–Trinajstić information content (AvgIpc) is 2.80. The highest BCUT2D eigenvalue weighted by Gasteiger charge is 2.42. The minimum atomic E-state index is -4.42. The molecule has 2 aliphatic rings. The van der Waals surface area contributed by atoms with Crippen molar-refractivity contribution in [2.45, 2.75) is 25.1 Å². The van der Waals surface area contributed by atoms with Gasteiger partial charge in [-0.1, -0.05) is 17.7 Å². The van der Waals surface area contributed by atoms with Crippen molar-refractivity contribution in [1.29, 1.82) is 0 Å². The maximum atomic E-state index is 13.3. The Balaban J connectivity index is 1.62. The van der Waals surface area contributed by atoms with Crippen molar-refractivity contribution in [3.63, 3.8) is 0 Å². The number of halogens is 4. The van der Waals surface area contributed by atoms with Gasteiger partial charge in [0.25, 0.3) is 0 Å². The fraction of sp³-hybridized carbons (Fsp3) is 0.458. The number of anilines is 2. The Kier molecular flexibility index (Phi) is 7.05. The van der Waals surface area contributed by atoms with Crippen LogP contribution in [0, 0.1) is 5.92 Å². The molecule has 0 saturated carbocycles. The molecular weight excluding hydrogens is 455 g/mol. The predicted octanol–water partition coefficient (Wildman–Crippen LogP) is 4.38. The third-order valence-corrected chi connectivity index (χ3v) is 6.61. The molecule has 0 bridgehead atoms. The molecule has 1 N–H and O–H groups in total. The molecule has 1 fully saturated rings. The Morgan fingerprint density at radius 3 is 2.76 bits per heavy atom. The summed E-state index contributed by atoms with van der Waals surface area (Å²) in [5.74, 6) is -0.609. The van der Waals surface area contributed by atoms with Crippen LogP contribution in [0.1, 0.15) is 17.5 Å². The van der Waals surface area contributed by atoms with Gasteiger partial charge in [-0.2, -0.15) is 13.2 Å². The predicted molar refractivity (Wildman–Crippen MR) is 123 cm³/mol. The number of methoxy groups -OCH3 is 1. The van der Waals surface area contributed by atoms with E-state index in [4.69, 9.17) is 16.3 Å². The zero-order valence-electron chi connectivity index (χ0n) is 18.4. The van der Waals surface area contributed by atoms with Gasteiger partial charge in [-0.15, -0.1) is 0 Å². The van der Waals surface area contributed by atoms with Crippen LogP contribution in [0.4, 0.5) is 24.5 Å². The van der Waals surface area contributed by atoms with Gasteiger partial charge < -0.3 is 19.9 Å². The van der Waals surface area contributed by atoms with Gasteiger partial charge in [-0.05, 0) is 54.8 Å². The summed E-state index contributed by atoms with van der Waals surface area (Å²) in [7, 11) is 1.60. The minimum absolute atomic E-state index is 0.142. The molecule has 2 atom stereocenters. The summed E-state index contributed by atoms with van der Waals surface area (Å²) in [6.45, 7) is 2.85. The van der Waals surface area contributed by atoms with Crippen LogP contribution in [-0.4, -0.2) is 51.8 Å². The lowest BCUT2D eigenvalue weighted by Gasteiger charge is -2.49. The molecule has 2 aromatic rings. The summed E-state index contributed by atoms with van der Waals surface area (Å²) in [5, 5.41) is 3.59. The van der Waals surface area contributed by atoms with E-state index >= 15 is 0 Å². The highest BCUT2D eigenvalue weighted by atomic mass is 35.5. The van der Waals surface area contributed by atoms with E-state index in [0.717, 1.165) is 17.4 Å². The van der Waals surface area contributed by atoms with E-state index < -0.39 is 17.7 Å². The molecule has 0 spiro atoms. The summed E-state index contributed by atoms with van der Waals surface area (Å²) < 4.78 is 45.0. The Hall–Kier alpha value is -2.45. The molecule has 5 nitrogen and oxygen atoms in total. The first-order valence-electron chi connectivity index (χ1n) is 11.0. The van der Waals surface area contributed by atoms with Crippen molar-refractivity contribution in [3.8, 4) is 0 Å². The molecule has 2 heterocycles. The van der Waals surface area contributed by atoms with Crippen LogP contribution in [0.3, 0.4) is 0 Å². The van der Waals surface area contributed by atoms with Crippen molar-refractivity contribution < 1.29 is 22.7 Å². The second-order valence-electron chi connectivity index (χ2n) is 8.48. The van der Waals surface area contributed by atoms with E-state index in [1.54, 1.807) is 13.2 Å². The summed E-state index contributed by atoms with van der Waals surface area (Å²) in [4.78, 5) is 17.4. The minimum Gasteiger partial charge on any atom is -0.385 e. The van der Waals surface area contributed by atoms with E-state index in [1.807, 2.05) is 24.3 Å². The zero-order chi connectivity index (χ0) is 23.6. The number of carbonyl (C=O) groups excluding carboxylic acids is 1. The first kappa shape index (κ1) is 23.7. The highest BCUT2D eigenvalue weighted by molar-refractivity contribution is 6.30. The number of nitrogens with one attached hydrogen (secondary N) is 1. The van der Waals surface area contributed by atoms with Crippen LogP contribution >= 0.6 is 11.6 Å². The van der Waals surface area contributed by atoms with Gasteiger partial charge in [0.1, 0.15) is 0 Å². The Morgan fingerprint density at radius 1 is 1.21 bits per heavy atom. The summed E-state index contributed by atoms with van der Waals surface area (Å²) in [5.41, 5.74) is 1.63. The third-order valence-electron chi connectivity index (χ3n) is 6.37. The maximum absolute atomic E-state index is 13.3. The fourth-order valence-corrected chi connectivity index (χ4v) is 4.95. The molecule has 0 unspecified atom stereocenters. The number of benzene rings is 2. The topological polar surface area (TPSA) is 44.8 Å². The number of piperazine rings is 1. The lowest BCUT2D eigenvalue weighted by molar-refractivity contribution is -0.137. The normalized spacial score (nSPS) is 20.3. The standard InChI is InChI=1S/C24H27ClF3N3O2/c1-33-11-3-8-29-23(32)20-13-16-12-17(24(26,27)28)6-7-21(16)31-10-9-30(15-22(20)31)19-5-2-4-18(25)14-19/h2,4-7,12,14,20,22H,3,8-11,13,15H2,1H3,(H,29,32)/t20-,22-/m1/s1. The Labute approximate surface area is 196 Å². The van der Waals surface area contributed by atoms with Crippen LogP contribution < -0.4 is 15.1 Å². The van der Waals surface area contributed by atoms with E-state index in [9.17, 15) is 18.0 Å². The molecule has 33 heavy (non-hydrogen) atoms. The summed E-state index contributed by atoms with van der Waals surface area (Å²) in [6.07, 6.45) is -3.48. The summed E-state index contributed by atoms with van der Waals surface area (Å²) >= 11 is 6.18. The Morgan fingerprint density at radius 2 is 2.03 bits per heavy atom. The van der Waals surface area contributed by atoms with Gasteiger partial charge in [0, 0.05) is 56.3 Å². The van der Waals surface area contributed by atoms with E-state index in [2.05, 4.69) is 15.1 Å². The highest BCUT2D eigenvalue weighted by Crippen LogP contribution is 2.40. The molecule has 2 aliphatic heterocycles. The molecule has 178 valence electrons. The van der Waals surface area contributed by atoms with Crippen molar-refractivity contribution >= 4 is 28.9 Å². The lowest BCUT2D eigenvalue weighted by atomic mass is 9.82. The fourth-order valence-electron chi connectivity index (χ4n) is 4.77. The van der Waals surface area contributed by atoms with Gasteiger partial charge >= 0.3 is 6.18 Å². The van der Waals surface area contributed by atoms with Crippen molar-refractivity contribution in [1.82, 2.24) is 5.32 Å². The monoisotopic (exact) mass is 481 g/mol. The van der Waals surface area contributed by atoms with Gasteiger partial charge in [-0.25, -0.2) is 0 Å². The summed E-state index contributed by atoms with van der Waals surface area (Å²) in [6, 6.07) is 11.3. The van der Waals surface area contributed by atoms with Crippen LogP contribution in [0.5, 0.6) is 0 Å². The van der Waals surface area contributed by atoms with Gasteiger partial charge in [0.15, 0.2) is 0 Å². The average molecular weight is 482 g/mol. The lowest BCUT2D eigenvalue weighted by Crippen LogP contribution is -2.61. The quantitative estimate of drug-likeness (QED) is 0.622. The second-order valence-corrected chi connectivity index (χ2v) is 8.91. The van der Waals surface area contributed by atoms with Gasteiger partial charge in [-0.3, -0.25) is 4.79 Å². The number of hydrogen-bond donors (Lipinski definition) is 1. The number of alkyl halides is 3. The molecule has 1 amide bonds. The van der Waals surface area contributed by atoms with E-state index in [0.29, 0.717) is 49.8 Å². The first-order chi connectivity index (χ1) is 15.8. The largest absolute Gasteiger partial charge is 0.416 e. The SMILES string of the molecule is COCCCNC(=O)[C@@H]1Cc2cc(C(F)(F)F)ccc2N2CCN(c3cccc(Cl)c3)C[C@H]12. The van der Waals surface area contributed by atoms with Crippen LogP contribution in [-0.2, 0) is 22.1 Å². The number of hydrogen-bond acceptors (Lipinski definition) is 4. The molecule has 9 heteroatoms. The molecule has 0 aliphatic carbocycles. The maximum Gasteiger partial charge on any atom is 0.416 e. The number of fused-ring (bicyclic) bond motifs is 3. The molecular formula is C24H27ClF3N3O2. The van der Waals surface area contributed by atoms with Gasteiger partial charge in [0.2, 0.25) is 5.91 Å². The van der Waals surface area contributed by atoms with Crippen LogP contribution in [0.2, 0.25) is 5.02 Å². The number of carbonyl (C=O) groups is 1. The molecule has 2 aromatic carbocycles. The smallest absolute Gasteiger partial charge is 0.385 e. The number of amides is 1. The number of ether oxygens (including phenoxy) is 1. The molecule has 4 rings (SSSR count). The van der Waals surface area contributed by atoms with E-state index in [1.165, 1.54) is 6.07 Å². The molecule has 1 saturated heterocycles. The third kappa shape index (κ3) is 5.22.